The summed E-state index contributed by atoms with van der Waals surface area (Å²) in [6.45, 7) is 1.86. The van der Waals surface area contributed by atoms with E-state index in [-0.39, 0.29) is 17.7 Å². The van der Waals surface area contributed by atoms with Crippen LogP contribution < -0.4 is 21.8 Å². The van der Waals surface area contributed by atoms with E-state index in [4.69, 9.17) is 11.5 Å². The van der Waals surface area contributed by atoms with Gasteiger partial charge < -0.3 is 16.8 Å². The summed E-state index contributed by atoms with van der Waals surface area (Å²) in [7, 11) is 0. The molecule has 1 aliphatic rings. The molecule has 1 atom stereocenters. The van der Waals surface area contributed by atoms with Crippen LogP contribution in [-0.4, -0.2) is 29.5 Å². The molecular formula is C23H21N5O3S. The Labute approximate surface area is 188 Å². The summed E-state index contributed by atoms with van der Waals surface area (Å²) < 4.78 is 0. The number of aryl methyl sites for hydroxylation is 1. The summed E-state index contributed by atoms with van der Waals surface area (Å²) in [5.74, 6) is -1.74. The molecule has 0 fully saturated rings. The lowest BCUT2D eigenvalue weighted by atomic mass is 10.0. The SMILES string of the molecule is Cc1sc(NC(=O)C2=NN(c3ccccc3)C(C(N)=O)C2)c(C(N)=O)c1-c1ccccc1. The molecular weight excluding hydrogens is 426 g/mol. The molecule has 0 aliphatic carbocycles. The second-order valence-electron chi connectivity index (χ2n) is 7.27. The number of hydrogen-bond donors (Lipinski definition) is 3. The first kappa shape index (κ1) is 21.3. The lowest BCUT2D eigenvalue weighted by molar-refractivity contribution is -0.119. The van der Waals surface area contributed by atoms with Gasteiger partial charge in [0.25, 0.3) is 11.8 Å². The molecule has 0 radical (unpaired) electrons. The van der Waals surface area contributed by atoms with Crippen LogP contribution in [-0.2, 0) is 9.59 Å². The zero-order chi connectivity index (χ0) is 22.8. The van der Waals surface area contributed by atoms with Gasteiger partial charge >= 0.3 is 0 Å². The van der Waals surface area contributed by atoms with Crippen LogP contribution in [0.4, 0.5) is 10.7 Å². The van der Waals surface area contributed by atoms with Crippen molar-refractivity contribution in [2.45, 2.75) is 19.4 Å². The van der Waals surface area contributed by atoms with Crippen molar-refractivity contribution in [2.75, 3.05) is 10.3 Å². The lowest BCUT2D eigenvalue weighted by Crippen LogP contribution is -2.39. The highest BCUT2D eigenvalue weighted by Gasteiger charge is 2.35. The van der Waals surface area contributed by atoms with Crippen LogP contribution in [0.1, 0.15) is 21.7 Å². The van der Waals surface area contributed by atoms with E-state index in [1.807, 2.05) is 43.3 Å². The normalized spacial score (nSPS) is 15.3. The van der Waals surface area contributed by atoms with Crippen molar-refractivity contribution in [3.8, 4) is 11.1 Å². The lowest BCUT2D eigenvalue weighted by Gasteiger charge is -2.20. The molecule has 0 spiro atoms. The molecule has 162 valence electrons. The van der Waals surface area contributed by atoms with Crippen LogP contribution in [0.2, 0.25) is 0 Å². The molecule has 5 N–H and O–H groups in total. The van der Waals surface area contributed by atoms with Crippen molar-refractivity contribution >= 4 is 45.5 Å². The fraction of sp³-hybridized carbons (Fsp3) is 0.130. The van der Waals surface area contributed by atoms with E-state index in [1.54, 1.807) is 24.3 Å². The minimum absolute atomic E-state index is 0.0534. The molecule has 1 aromatic heterocycles. The summed E-state index contributed by atoms with van der Waals surface area (Å²) >= 11 is 1.26. The predicted octanol–water partition coefficient (Wildman–Crippen LogP) is 2.88. The molecule has 9 heteroatoms. The van der Waals surface area contributed by atoms with Gasteiger partial charge in [-0.2, -0.15) is 5.10 Å². The summed E-state index contributed by atoms with van der Waals surface area (Å²) in [6, 6.07) is 17.6. The van der Waals surface area contributed by atoms with Crippen LogP contribution in [0, 0.1) is 6.92 Å². The number of benzene rings is 2. The first-order valence-electron chi connectivity index (χ1n) is 9.88. The fourth-order valence-corrected chi connectivity index (χ4v) is 4.76. The Morgan fingerprint density at radius 2 is 1.66 bits per heavy atom. The monoisotopic (exact) mass is 447 g/mol. The molecule has 2 aromatic carbocycles. The third-order valence-corrected chi connectivity index (χ3v) is 6.16. The van der Waals surface area contributed by atoms with Crippen molar-refractivity contribution < 1.29 is 14.4 Å². The van der Waals surface area contributed by atoms with Crippen LogP contribution in [0.25, 0.3) is 11.1 Å². The van der Waals surface area contributed by atoms with E-state index in [9.17, 15) is 14.4 Å². The molecule has 2 heterocycles. The van der Waals surface area contributed by atoms with Gasteiger partial charge in [-0.25, -0.2) is 0 Å². The highest BCUT2D eigenvalue weighted by atomic mass is 32.1. The second-order valence-corrected chi connectivity index (χ2v) is 8.50. The quantitative estimate of drug-likeness (QED) is 0.536. The topological polar surface area (TPSA) is 131 Å². The number of carbonyl (C=O) groups is 3. The van der Waals surface area contributed by atoms with Crippen molar-refractivity contribution in [2.24, 2.45) is 16.6 Å². The average Bonchev–Trinajstić information content (AvgIpc) is 3.37. The number of primary amides is 2. The Morgan fingerprint density at radius 1 is 1.03 bits per heavy atom. The second kappa shape index (κ2) is 8.64. The maximum Gasteiger partial charge on any atom is 0.272 e. The van der Waals surface area contributed by atoms with Gasteiger partial charge in [-0.1, -0.05) is 48.5 Å². The molecule has 3 aromatic rings. The smallest absolute Gasteiger partial charge is 0.272 e. The number of hydrogen-bond acceptors (Lipinski definition) is 6. The Morgan fingerprint density at radius 3 is 2.25 bits per heavy atom. The summed E-state index contributed by atoms with van der Waals surface area (Å²) in [6.07, 6.45) is 0.0534. The van der Waals surface area contributed by atoms with Gasteiger partial charge in [0.2, 0.25) is 5.91 Å². The number of amides is 3. The molecule has 1 unspecified atom stereocenters. The molecule has 8 nitrogen and oxygen atoms in total. The van der Waals surface area contributed by atoms with E-state index >= 15 is 0 Å². The van der Waals surface area contributed by atoms with Crippen molar-refractivity contribution in [3.63, 3.8) is 0 Å². The average molecular weight is 448 g/mol. The van der Waals surface area contributed by atoms with Gasteiger partial charge in [0.05, 0.1) is 11.3 Å². The van der Waals surface area contributed by atoms with Crippen molar-refractivity contribution in [1.29, 1.82) is 0 Å². The number of carbonyl (C=O) groups excluding carboxylic acids is 3. The molecule has 0 bridgehead atoms. The summed E-state index contributed by atoms with van der Waals surface area (Å²) in [5.41, 5.74) is 13.8. The van der Waals surface area contributed by atoms with Crippen LogP contribution in [0.5, 0.6) is 0 Å². The Kier molecular flexibility index (Phi) is 5.74. The number of anilines is 2. The number of para-hydroxylation sites is 1. The first-order chi connectivity index (χ1) is 15.4. The predicted molar refractivity (Wildman–Crippen MR) is 126 cm³/mol. The minimum Gasteiger partial charge on any atom is -0.368 e. The van der Waals surface area contributed by atoms with Gasteiger partial charge in [0, 0.05) is 16.9 Å². The van der Waals surface area contributed by atoms with E-state index in [0.717, 1.165) is 10.4 Å². The molecule has 0 saturated carbocycles. The summed E-state index contributed by atoms with van der Waals surface area (Å²) in [4.78, 5) is 38.1. The Bertz CT molecular complexity index is 1220. The van der Waals surface area contributed by atoms with E-state index in [2.05, 4.69) is 10.4 Å². The van der Waals surface area contributed by atoms with Crippen molar-refractivity contribution in [3.05, 3.63) is 71.1 Å². The number of nitrogens with two attached hydrogens (primary N) is 2. The highest BCUT2D eigenvalue weighted by Crippen LogP contribution is 2.39. The molecule has 3 amide bonds. The molecule has 32 heavy (non-hydrogen) atoms. The largest absolute Gasteiger partial charge is 0.368 e. The number of rotatable bonds is 6. The maximum atomic E-state index is 13.0. The zero-order valence-corrected chi connectivity index (χ0v) is 18.1. The zero-order valence-electron chi connectivity index (χ0n) is 17.2. The maximum absolute atomic E-state index is 13.0. The third-order valence-electron chi connectivity index (χ3n) is 5.14. The standard InChI is InChI=1S/C23H21N5O3S/c1-13-18(14-8-4-2-5-9-14)19(21(25)30)23(32-13)26-22(31)16-12-17(20(24)29)28(27-16)15-10-6-3-7-11-15/h2-11,17H,12H2,1H3,(H2,24,29)(H2,25,30)(H,26,31). The number of thiophene rings is 1. The fourth-order valence-electron chi connectivity index (χ4n) is 3.68. The summed E-state index contributed by atoms with van der Waals surface area (Å²) in [5, 5.41) is 8.90. The third kappa shape index (κ3) is 3.97. The number of hydrazone groups is 1. The van der Waals surface area contributed by atoms with Crippen LogP contribution >= 0.6 is 11.3 Å². The highest BCUT2D eigenvalue weighted by molar-refractivity contribution is 7.17. The van der Waals surface area contributed by atoms with E-state index in [1.165, 1.54) is 16.3 Å². The van der Waals surface area contributed by atoms with E-state index in [0.29, 0.717) is 16.3 Å². The number of nitrogens with one attached hydrogen (secondary N) is 1. The van der Waals surface area contributed by atoms with Gasteiger partial charge in [-0.3, -0.25) is 19.4 Å². The van der Waals surface area contributed by atoms with Gasteiger partial charge in [-0.15, -0.1) is 11.3 Å². The molecule has 1 aliphatic heterocycles. The first-order valence-corrected chi connectivity index (χ1v) is 10.7. The molecule has 0 saturated heterocycles. The van der Waals surface area contributed by atoms with Gasteiger partial charge in [0.1, 0.15) is 16.8 Å². The molecule has 4 rings (SSSR count). The van der Waals surface area contributed by atoms with Crippen LogP contribution in [0.15, 0.2) is 65.8 Å². The minimum atomic E-state index is -0.779. The van der Waals surface area contributed by atoms with Gasteiger partial charge in [-0.05, 0) is 24.6 Å². The van der Waals surface area contributed by atoms with Crippen molar-refractivity contribution in [1.82, 2.24) is 0 Å². The van der Waals surface area contributed by atoms with Gasteiger partial charge in [0.15, 0.2) is 0 Å². The Hall–Kier alpha value is -3.98. The van der Waals surface area contributed by atoms with Crippen LogP contribution in [0.3, 0.4) is 0 Å². The Balaban J connectivity index is 1.66. The number of nitrogens with zero attached hydrogens (tertiary/aromatic N) is 2. The van der Waals surface area contributed by atoms with E-state index < -0.39 is 23.8 Å².